The van der Waals surface area contributed by atoms with Crippen molar-refractivity contribution in [3.05, 3.63) is 41.6 Å². The van der Waals surface area contributed by atoms with E-state index in [2.05, 4.69) is 23.8 Å². The lowest BCUT2D eigenvalue weighted by molar-refractivity contribution is -0.139. The Balaban J connectivity index is 2.31. The number of anilines is 2. The number of hydrogen-bond acceptors (Lipinski definition) is 4. The third kappa shape index (κ3) is 4.86. The van der Waals surface area contributed by atoms with Gasteiger partial charge in [-0.25, -0.2) is 4.98 Å². The van der Waals surface area contributed by atoms with Gasteiger partial charge < -0.3 is 9.64 Å². The predicted octanol–water partition coefficient (Wildman–Crippen LogP) is 5.57. The quantitative estimate of drug-likeness (QED) is 0.600. The van der Waals surface area contributed by atoms with E-state index in [1.807, 2.05) is 31.2 Å². The molecule has 0 saturated heterocycles. The van der Waals surface area contributed by atoms with Crippen molar-refractivity contribution in [3.63, 3.8) is 0 Å². The summed E-state index contributed by atoms with van der Waals surface area (Å²) in [5.41, 5.74) is 1.01. The van der Waals surface area contributed by atoms with Crippen LogP contribution >= 0.6 is 0 Å². The van der Waals surface area contributed by atoms with Gasteiger partial charge in [-0.1, -0.05) is 39.3 Å². The molecule has 1 aromatic carbocycles. The maximum atomic E-state index is 13.2. The standard InChI is InChI=1S/C19H24F3N3O/c1-5-6-11-26-17-16(19(20,21)22)12-23-18(24-17)25(4)15-9-7-14(8-10-15)13(2)3/h7-10,12-13H,5-6,11H2,1-4H3. The average Bonchev–Trinajstić information content (AvgIpc) is 2.60. The van der Waals surface area contributed by atoms with Gasteiger partial charge in [-0.2, -0.15) is 18.2 Å². The Labute approximate surface area is 152 Å². The summed E-state index contributed by atoms with van der Waals surface area (Å²) >= 11 is 0. The number of hydrogen-bond donors (Lipinski definition) is 0. The molecule has 7 heteroatoms. The summed E-state index contributed by atoms with van der Waals surface area (Å²) in [6.45, 7) is 6.31. The predicted molar refractivity (Wildman–Crippen MR) is 96.0 cm³/mol. The van der Waals surface area contributed by atoms with E-state index < -0.39 is 17.6 Å². The number of alkyl halides is 3. The molecule has 1 aromatic heterocycles. The van der Waals surface area contributed by atoms with Crippen LogP contribution in [0.1, 0.15) is 50.7 Å². The van der Waals surface area contributed by atoms with Gasteiger partial charge in [0.2, 0.25) is 11.8 Å². The molecule has 0 saturated carbocycles. The molecule has 0 bridgehead atoms. The highest BCUT2D eigenvalue weighted by atomic mass is 19.4. The first kappa shape index (κ1) is 20.0. The highest BCUT2D eigenvalue weighted by Crippen LogP contribution is 2.36. The van der Waals surface area contributed by atoms with Gasteiger partial charge in [-0.05, 0) is 30.0 Å². The summed E-state index contributed by atoms with van der Waals surface area (Å²) in [6, 6.07) is 7.76. The van der Waals surface area contributed by atoms with Gasteiger partial charge in [0.15, 0.2) is 0 Å². The maximum Gasteiger partial charge on any atom is 0.423 e. The van der Waals surface area contributed by atoms with Crippen molar-refractivity contribution in [2.45, 2.75) is 45.7 Å². The van der Waals surface area contributed by atoms with Crippen molar-refractivity contribution < 1.29 is 17.9 Å². The van der Waals surface area contributed by atoms with Crippen LogP contribution < -0.4 is 9.64 Å². The lowest BCUT2D eigenvalue weighted by Gasteiger charge is -2.20. The first-order chi connectivity index (χ1) is 12.2. The number of unbranched alkanes of at least 4 members (excludes halogenated alkanes) is 1. The van der Waals surface area contributed by atoms with Gasteiger partial charge in [0.05, 0.1) is 6.61 Å². The van der Waals surface area contributed by atoms with Crippen molar-refractivity contribution in [1.82, 2.24) is 9.97 Å². The third-order valence-electron chi connectivity index (χ3n) is 4.03. The number of benzene rings is 1. The summed E-state index contributed by atoms with van der Waals surface area (Å²) in [4.78, 5) is 9.54. The van der Waals surface area contributed by atoms with Crippen molar-refractivity contribution in [1.29, 1.82) is 0 Å². The molecule has 0 spiro atoms. The minimum atomic E-state index is -4.56. The molecule has 1 heterocycles. The molecule has 26 heavy (non-hydrogen) atoms. The zero-order valence-corrected chi connectivity index (χ0v) is 15.5. The molecule has 2 rings (SSSR count). The Morgan fingerprint density at radius 1 is 1.15 bits per heavy atom. The molecule has 0 amide bonds. The minimum absolute atomic E-state index is 0.154. The molecular formula is C19H24F3N3O. The van der Waals surface area contributed by atoms with Crippen LogP contribution in [-0.2, 0) is 6.18 Å². The van der Waals surface area contributed by atoms with Crippen LogP contribution in [0.5, 0.6) is 5.88 Å². The third-order valence-corrected chi connectivity index (χ3v) is 4.03. The SMILES string of the molecule is CCCCOc1nc(N(C)c2ccc(C(C)C)cc2)ncc1C(F)(F)F. The van der Waals surface area contributed by atoms with Crippen molar-refractivity contribution in [3.8, 4) is 5.88 Å². The Morgan fingerprint density at radius 3 is 2.35 bits per heavy atom. The highest BCUT2D eigenvalue weighted by Gasteiger charge is 2.36. The van der Waals surface area contributed by atoms with E-state index in [-0.39, 0.29) is 12.6 Å². The van der Waals surface area contributed by atoms with Crippen LogP contribution in [0.15, 0.2) is 30.5 Å². The molecule has 4 nitrogen and oxygen atoms in total. The zero-order valence-electron chi connectivity index (χ0n) is 15.5. The van der Waals surface area contributed by atoms with Gasteiger partial charge in [0, 0.05) is 18.9 Å². The van der Waals surface area contributed by atoms with E-state index in [0.717, 1.165) is 18.3 Å². The fourth-order valence-electron chi connectivity index (χ4n) is 2.33. The molecule has 0 aliphatic rings. The fourth-order valence-corrected chi connectivity index (χ4v) is 2.33. The van der Waals surface area contributed by atoms with Gasteiger partial charge in [0.1, 0.15) is 5.56 Å². The average molecular weight is 367 g/mol. The molecule has 0 atom stereocenters. The molecule has 0 aliphatic carbocycles. The first-order valence-corrected chi connectivity index (χ1v) is 8.64. The van der Waals surface area contributed by atoms with E-state index >= 15 is 0 Å². The largest absolute Gasteiger partial charge is 0.477 e. The van der Waals surface area contributed by atoms with E-state index in [9.17, 15) is 13.2 Å². The number of aromatic nitrogens is 2. The van der Waals surface area contributed by atoms with Crippen molar-refractivity contribution in [2.24, 2.45) is 0 Å². The molecule has 142 valence electrons. The smallest absolute Gasteiger partial charge is 0.423 e. The first-order valence-electron chi connectivity index (χ1n) is 8.64. The molecule has 0 radical (unpaired) electrons. The van der Waals surface area contributed by atoms with Crippen LogP contribution in [0.2, 0.25) is 0 Å². The molecule has 0 fully saturated rings. The summed E-state index contributed by atoms with van der Waals surface area (Å²) in [5.74, 6) is 0.124. The fraction of sp³-hybridized carbons (Fsp3) is 0.474. The normalized spacial score (nSPS) is 11.7. The topological polar surface area (TPSA) is 38.2 Å². The van der Waals surface area contributed by atoms with Crippen LogP contribution in [0.4, 0.5) is 24.8 Å². The summed E-state index contributed by atoms with van der Waals surface area (Å²) in [5, 5.41) is 0. The van der Waals surface area contributed by atoms with E-state index in [1.165, 1.54) is 5.56 Å². The Hall–Kier alpha value is -2.31. The molecule has 0 N–H and O–H groups in total. The number of nitrogens with zero attached hydrogens (tertiary/aromatic N) is 3. The number of halogens is 3. The maximum absolute atomic E-state index is 13.2. The monoisotopic (exact) mass is 367 g/mol. The van der Waals surface area contributed by atoms with Crippen LogP contribution in [0.3, 0.4) is 0 Å². The van der Waals surface area contributed by atoms with E-state index in [4.69, 9.17) is 4.74 Å². The van der Waals surface area contributed by atoms with Gasteiger partial charge >= 0.3 is 6.18 Å². The molecule has 0 aliphatic heterocycles. The van der Waals surface area contributed by atoms with Crippen LogP contribution in [0.25, 0.3) is 0 Å². The van der Waals surface area contributed by atoms with Crippen LogP contribution in [0, 0.1) is 0 Å². The van der Waals surface area contributed by atoms with Gasteiger partial charge in [-0.15, -0.1) is 0 Å². The summed E-state index contributed by atoms with van der Waals surface area (Å²) in [7, 11) is 1.71. The van der Waals surface area contributed by atoms with Gasteiger partial charge in [-0.3, -0.25) is 0 Å². The van der Waals surface area contributed by atoms with Crippen LogP contribution in [-0.4, -0.2) is 23.6 Å². The number of ether oxygens (including phenoxy) is 1. The Morgan fingerprint density at radius 2 is 1.81 bits per heavy atom. The summed E-state index contributed by atoms with van der Waals surface area (Å²) in [6.07, 6.45) is -2.30. The van der Waals surface area contributed by atoms with Crippen molar-refractivity contribution in [2.75, 3.05) is 18.6 Å². The second kappa shape index (κ2) is 8.38. The molecule has 0 unspecified atom stereocenters. The molecule has 2 aromatic rings. The number of rotatable bonds is 7. The highest BCUT2D eigenvalue weighted by molar-refractivity contribution is 5.57. The lowest BCUT2D eigenvalue weighted by atomic mass is 10.0. The molecular weight excluding hydrogens is 343 g/mol. The lowest BCUT2D eigenvalue weighted by Crippen LogP contribution is -2.17. The second-order valence-corrected chi connectivity index (χ2v) is 6.39. The van der Waals surface area contributed by atoms with Crippen molar-refractivity contribution >= 4 is 11.6 Å². The zero-order chi connectivity index (χ0) is 19.3. The van der Waals surface area contributed by atoms with E-state index in [0.29, 0.717) is 12.3 Å². The van der Waals surface area contributed by atoms with Gasteiger partial charge in [0.25, 0.3) is 0 Å². The minimum Gasteiger partial charge on any atom is -0.477 e. The Bertz CT molecular complexity index is 715. The Kier molecular flexibility index (Phi) is 6.45. The second-order valence-electron chi connectivity index (χ2n) is 6.39. The van der Waals surface area contributed by atoms with E-state index in [1.54, 1.807) is 11.9 Å². The summed E-state index contributed by atoms with van der Waals surface area (Å²) < 4.78 is 44.8.